The van der Waals surface area contributed by atoms with Crippen molar-refractivity contribution >= 4 is 5.78 Å². The van der Waals surface area contributed by atoms with Gasteiger partial charge < -0.3 is 5.32 Å². The standard InChI is InChI=1S/C8H13NO/c1-6(2)9-7-4-3-5-8(7)10/h4,6,9H,3,5H2,1-2H3. The number of Topliss-reactive ketones (excluding diaryl/α,β-unsaturated/α-hetero) is 1. The SMILES string of the molecule is CC(C)NC1=CCCC1=O. The first-order valence-electron chi connectivity index (χ1n) is 3.70. The van der Waals surface area contributed by atoms with E-state index < -0.39 is 0 Å². The van der Waals surface area contributed by atoms with Crippen molar-refractivity contribution in [1.29, 1.82) is 0 Å². The van der Waals surface area contributed by atoms with Crippen LogP contribution in [0.4, 0.5) is 0 Å². The van der Waals surface area contributed by atoms with Crippen LogP contribution in [0.5, 0.6) is 0 Å². The average molecular weight is 139 g/mol. The number of allylic oxidation sites excluding steroid dienone is 2. The summed E-state index contributed by atoms with van der Waals surface area (Å²) in [5.41, 5.74) is 0.815. The highest BCUT2D eigenvalue weighted by Gasteiger charge is 2.14. The smallest absolute Gasteiger partial charge is 0.178 e. The van der Waals surface area contributed by atoms with Gasteiger partial charge in [0.1, 0.15) is 0 Å². The predicted octanol–water partition coefficient (Wildman–Crippen LogP) is 1.23. The monoisotopic (exact) mass is 139 g/mol. The summed E-state index contributed by atoms with van der Waals surface area (Å²) in [7, 11) is 0. The van der Waals surface area contributed by atoms with E-state index >= 15 is 0 Å². The van der Waals surface area contributed by atoms with Crippen LogP contribution in [0.25, 0.3) is 0 Å². The molecule has 0 aliphatic heterocycles. The first-order chi connectivity index (χ1) is 4.70. The number of carbonyl (C=O) groups is 1. The van der Waals surface area contributed by atoms with Gasteiger partial charge in [-0.05, 0) is 20.3 Å². The van der Waals surface area contributed by atoms with E-state index in [1.807, 2.05) is 19.9 Å². The number of nitrogens with one attached hydrogen (secondary N) is 1. The number of ketones is 1. The van der Waals surface area contributed by atoms with E-state index in [1.54, 1.807) is 0 Å². The maximum atomic E-state index is 11.0. The second kappa shape index (κ2) is 2.86. The molecule has 0 aromatic rings. The first-order valence-corrected chi connectivity index (χ1v) is 3.70. The third-order valence-corrected chi connectivity index (χ3v) is 1.46. The van der Waals surface area contributed by atoms with Crippen molar-refractivity contribution in [2.75, 3.05) is 0 Å². The summed E-state index contributed by atoms with van der Waals surface area (Å²) in [6.07, 6.45) is 3.57. The van der Waals surface area contributed by atoms with Gasteiger partial charge in [-0.1, -0.05) is 6.08 Å². The van der Waals surface area contributed by atoms with Crippen LogP contribution in [0.3, 0.4) is 0 Å². The lowest BCUT2D eigenvalue weighted by Gasteiger charge is -2.08. The Morgan fingerprint density at radius 3 is 2.70 bits per heavy atom. The van der Waals surface area contributed by atoms with Gasteiger partial charge in [-0.3, -0.25) is 4.79 Å². The highest BCUT2D eigenvalue weighted by Crippen LogP contribution is 2.11. The Morgan fingerprint density at radius 1 is 1.60 bits per heavy atom. The van der Waals surface area contributed by atoms with E-state index in [-0.39, 0.29) is 5.78 Å². The number of rotatable bonds is 2. The fourth-order valence-electron chi connectivity index (χ4n) is 1.05. The molecule has 0 aromatic carbocycles. The van der Waals surface area contributed by atoms with Crippen LogP contribution in [0, 0.1) is 0 Å². The maximum absolute atomic E-state index is 11.0. The van der Waals surface area contributed by atoms with Gasteiger partial charge in [0.2, 0.25) is 0 Å². The minimum absolute atomic E-state index is 0.258. The Balaban J connectivity index is 2.48. The number of hydrogen-bond donors (Lipinski definition) is 1. The fraction of sp³-hybridized carbons (Fsp3) is 0.625. The second-order valence-electron chi connectivity index (χ2n) is 2.88. The fourth-order valence-corrected chi connectivity index (χ4v) is 1.05. The zero-order valence-corrected chi connectivity index (χ0v) is 6.48. The molecule has 0 spiro atoms. The van der Waals surface area contributed by atoms with Crippen LogP contribution in [-0.4, -0.2) is 11.8 Å². The lowest BCUT2D eigenvalue weighted by atomic mass is 10.3. The molecule has 1 rings (SSSR count). The van der Waals surface area contributed by atoms with Crippen molar-refractivity contribution in [1.82, 2.24) is 5.32 Å². The maximum Gasteiger partial charge on any atom is 0.178 e. The lowest BCUT2D eigenvalue weighted by molar-refractivity contribution is -0.115. The zero-order chi connectivity index (χ0) is 7.56. The van der Waals surface area contributed by atoms with Crippen LogP contribution >= 0.6 is 0 Å². The first kappa shape index (κ1) is 7.32. The predicted molar refractivity (Wildman–Crippen MR) is 40.6 cm³/mol. The quantitative estimate of drug-likeness (QED) is 0.623. The average Bonchev–Trinajstić information content (AvgIpc) is 2.15. The van der Waals surface area contributed by atoms with Gasteiger partial charge >= 0.3 is 0 Å². The molecular weight excluding hydrogens is 126 g/mol. The Bertz CT molecular complexity index is 170. The van der Waals surface area contributed by atoms with Crippen LogP contribution in [0.2, 0.25) is 0 Å². The molecule has 0 amide bonds. The molecule has 0 aromatic heterocycles. The van der Waals surface area contributed by atoms with E-state index in [9.17, 15) is 4.79 Å². The molecule has 0 atom stereocenters. The molecule has 56 valence electrons. The molecule has 1 N–H and O–H groups in total. The molecule has 2 nitrogen and oxygen atoms in total. The Morgan fingerprint density at radius 2 is 2.30 bits per heavy atom. The van der Waals surface area contributed by atoms with Gasteiger partial charge in [0, 0.05) is 12.5 Å². The van der Waals surface area contributed by atoms with Crippen molar-refractivity contribution in [3.63, 3.8) is 0 Å². The van der Waals surface area contributed by atoms with Crippen molar-refractivity contribution < 1.29 is 4.79 Å². The molecule has 0 bridgehead atoms. The van der Waals surface area contributed by atoms with E-state index in [0.29, 0.717) is 12.5 Å². The summed E-state index contributed by atoms with van der Waals surface area (Å²) in [5, 5.41) is 3.10. The van der Waals surface area contributed by atoms with E-state index in [1.165, 1.54) is 0 Å². The van der Waals surface area contributed by atoms with Crippen LogP contribution in [0.1, 0.15) is 26.7 Å². The molecule has 0 radical (unpaired) electrons. The highest BCUT2D eigenvalue weighted by molar-refractivity contribution is 5.96. The van der Waals surface area contributed by atoms with E-state index in [4.69, 9.17) is 0 Å². The van der Waals surface area contributed by atoms with Crippen molar-refractivity contribution in [2.24, 2.45) is 0 Å². The van der Waals surface area contributed by atoms with Crippen molar-refractivity contribution in [3.05, 3.63) is 11.8 Å². The number of carbonyl (C=O) groups excluding carboxylic acids is 1. The Kier molecular flexibility index (Phi) is 2.10. The van der Waals surface area contributed by atoms with Gasteiger partial charge in [0.25, 0.3) is 0 Å². The Labute approximate surface area is 61.3 Å². The largest absolute Gasteiger partial charge is 0.380 e. The third kappa shape index (κ3) is 1.59. The van der Waals surface area contributed by atoms with Gasteiger partial charge in [0.05, 0.1) is 5.70 Å². The lowest BCUT2D eigenvalue weighted by Crippen LogP contribution is -2.24. The molecule has 0 saturated heterocycles. The van der Waals surface area contributed by atoms with Crippen LogP contribution in [0.15, 0.2) is 11.8 Å². The molecule has 0 saturated carbocycles. The summed E-state index contributed by atoms with van der Waals surface area (Å²) >= 11 is 0. The normalized spacial score (nSPS) is 17.9. The minimum atomic E-state index is 0.258. The molecule has 0 heterocycles. The van der Waals surface area contributed by atoms with Crippen LogP contribution < -0.4 is 5.32 Å². The number of hydrogen-bond acceptors (Lipinski definition) is 2. The summed E-state index contributed by atoms with van der Waals surface area (Å²) < 4.78 is 0. The molecule has 0 unspecified atom stereocenters. The molecule has 1 aliphatic rings. The summed E-state index contributed by atoms with van der Waals surface area (Å²) in [5.74, 6) is 0.258. The van der Waals surface area contributed by atoms with Gasteiger partial charge in [-0.25, -0.2) is 0 Å². The van der Waals surface area contributed by atoms with Gasteiger partial charge in [0.15, 0.2) is 5.78 Å². The molecule has 10 heavy (non-hydrogen) atoms. The molecular formula is C8H13NO. The van der Waals surface area contributed by atoms with Crippen molar-refractivity contribution in [3.8, 4) is 0 Å². The molecule has 0 fully saturated rings. The summed E-state index contributed by atoms with van der Waals surface area (Å²) in [6, 6.07) is 0.369. The van der Waals surface area contributed by atoms with Crippen molar-refractivity contribution in [2.45, 2.75) is 32.7 Å². The molecule has 1 aliphatic carbocycles. The topological polar surface area (TPSA) is 29.1 Å². The Hall–Kier alpha value is -0.790. The third-order valence-electron chi connectivity index (χ3n) is 1.46. The van der Waals surface area contributed by atoms with Gasteiger partial charge in [-0.2, -0.15) is 0 Å². The second-order valence-corrected chi connectivity index (χ2v) is 2.88. The van der Waals surface area contributed by atoms with Crippen LogP contribution in [-0.2, 0) is 4.79 Å². The summed E-state index contributed by atoms with van der Waals surface area (Å²) in [6.45, 7) is 4.07. The minimum Gasteiger partial charge on any atom is -0.380 e. The highest BCUT2D eigenvalue weighted by atomic mass is 16.1. The zero-order valence-electron chi connectivity index (χ0n) is 6.48. The van der Waals surface area contributed by atoms with Gasteiger partial charge in [-0.15, -0.1) is 0 Å². The van der Waals surface area contributed by atoms with E-state index in [2.05, 4.69) is 5.32 Å². The van der Waals surface area contributed by atoms with E-state index in [0.717, 1.165) is 12.1 Å². The summed E-state index contributed by atoms with van der Waals surface area (Å²) in [4.78, 5) is 11.0. The molecule has 2 heteroatoms.